The minimum atomic E-state index is -2.32. The number of ether oxygens (including phenoxy) is 3. The summed E-state index contributed by atoms with van der Waals surface area (Å²) in [6, 6.07) is 21.9. The van der Waals surface area contributed by atoms with E-state index in [4.69, 9.17) is 25.8 Å². The second-order valence-corrected chi connectivity index (χ2v) is 11.4. The number of likely N-dealkylation sites (N-methyl/N-ethyl adjacent to an activating group) is 1. The molecule has 3 rings (SSSR count). The average molecular weight is 652 g/mol. The van der Waals surface area contributed by atoms with Gasteiger partial charge in [-0.25, -0.2) is 14.6 Å². The Balaban J connectivity index is 2.03. The number of hydrogen-bond donors (Lipinski definition) is 0. The van der Waals surface area contributed by atoms with Gasteiger partial charge in [-0.3, -0.25) is 19.2 Å². The van der Waals surface area contributed by atoms with Gasteiger partial charge in [0.25, 0.3) is 11.8 Å². The highest BCUT2D eigenvalue weighted by Gasteiger charge is 2.43. The van der Waals surface area contributed by atoms with Crippen molar-refractivity contribution < 1.29 is 43.0 Å². The first kappa shape index (κ1) is 35.3. The summed E-state index contributed by atoms with van der Waals surface area (Å²) in [7, 11) is 1.32. The van der Waals surface area contributed by atoms with Crippen molar-refractivity contribution in [3.05, 3.63) is 107 Å². The molecule has 0 saturated heterocycles. The Morgan fingerprint density at radius 3 is 1.85 bits per heavy atom. The van der Waals surface area contributed by atoms with Crippen molar-refractivity contribution >= 4 is 47.4 Å². The van der Waals surface area contributed by atoms with Crippen LogP contribution in [-0.2, 0) is 35.2 Å². The van der Waals surface area contributed by atoms with Gasteiger partial charge in [0.2, 0.25) is 5.91 Å². The van der Waals surface area contributed by atoms with E-state index in [2.05, 4.69) is 0 Å². The number of carbonyl (C=O) groups excluding carboxylic acids is 6. The van der Waals surface area contributed by atoms with Crippen LogP contribution < -0.4 is 0 Å². The number of esters is 2. The zero-order chi connectivity index (χ0) is 34.0. The predicted molar refractivity (Wildman–Crippen MR) is 166 cm³/mol. The van der Waals surface area contributed by atoms with Gasteiger partial charge in [-0.2, -0.15) is 0 Å². The SMILES string of the molecule is CC(=O)N(C)CC(=O)OC(OC(=O)N(C(=O)c1ccc(Cl)cc1)N(C(=O)c1ccccc1)C(C)(C)C)C(=O)OCc1ccccc1. The number of rotatable bonds is 9. The van der Waals surface area contributed by atoms with Crippen LogP contribution in [0.1, 0.15) is 54.0 Å². The molecule has 1 atom stereocenters. The van der Waals surface area contributed by atoms with Crippen molar-refractivity contribution in [2.24, 2.45) is 0 Å². The van der Waals surface area contributed by atoms with Gasteiger partial charge in [0.05, 0.1) is 5.54 Å². The monoisotopic (exact) mass is 651 g/mol. The van der Waals surface area contributed by atoms with Crippen LogP contribution in [0.15, 0.2) is 84.9 Å². The van der Waals surface area contributed by atoms with E-state index < -0.39 is 54.1 Å². The first-order valence-electron chi connectivity index (χ1n) is 14.0. The molecule has 0 N–H and O–H groups in total. The lowest BCUT2D eigenvalue weighted by Gasteiger charge is -2.41. The third-order valence-electron chi connectivity index (χ3n) is 6.27. The number of benzene rings is 3. The maximum Gasteiger partial charge on any atom is 0.440 e. The van der Waals surface area contributed by atoms with Gasteiger partial charge in [0.15, 0.2) is 0 Å². The van der Waals surface area contributed by atoms with Crippen LogP contribution in [0, 0.1) is 0 Å². The van der Waals surface area contributed by atoms with Crippen molar-refractivity contribution in [3.8, 4) is 0 Å². The number of nitrogens with zero attached hydrogens (tertiary/aromatic N) is 3. The summed E-state index contributed by atoms with van der Waals surface area (Å²) >= 11 is 6.00. The Morgan fingerprint density at radius 2 is 1.30 bits per heavy atom. The maximum atomic E-state index is 13.9. The van der Waals surface area contributed by atoms with E-state index in [9.17, 15) is 28.8 Å². The molecular formula is C33H34ClN3O9. The fraction of sp³-hybridized carbons (Fsp3) is 0.273. The zero-order valence-corrected chi connectivity index (χ0v) is 26.7. The molecule has 12 nitrogen and oxygen atoms in total. The van der Waals surface area contributed by atoms with Crippen molar-refractivity contribution in [2.75, 3.05) is 13.6 Å². The summed E-state index contributed by atoms with van der Waals surface area (Å²) in [5.41, 5.74) is -0.565. The molecule has 0 aliphatic carbocycles. The van der Waals surface area contributed by atoms with Gasteiger partial charge in [-0.15, -0.1) is 5.01 Å². The summed E-state index contributed by atoms with van der Waals surface area (Å²) in [5, 5.41) is 1.60. The lowest BCUT2D eigenvalue weighted by atomic mass is 10.1. The molecule has 46 heavy (non-hydrogen) atoms. The Labute approximate surface area is 271 Å². The topological polar surface area (TPSA) is 140 Å². The van der Waals surface area contributed by atoms with E-state index in [0.29, 0.717) is 15.6 Å². The number of hydrazine groups is 1. The molecule has 242 valence electrons. The van der Waals surface area contributed by atoms with Crippen molar-refractivity contribution in [1.82, 2.24) is 14.9 Å². The Hall–Kier alpha value is -5.23. The molecule has 3 aromatic rings. The molecule has 0 fully saturated rings. The second kappa shape index (κ2) is 15.7. The van der Waals surface area contributed by atoms with E-state index in [1.165, 1.54) is 50.4 Å². The fourth-order valence-corrected chi connectivity index (χ4v) is 4.01. The molecule has 0 aliphatic heterocycles. The van der Waals surface area contributed by atoms with Crippen molar-refractivity contribution in [1.29, 1.82) is 0 Å². The van der Waals surface area contributed by atoms with Crippen LogP contribution in [0.4, 0.5) is 4.79 Å². The lowest BCUT2D eigenvalue weighted by Crippen LogP contribution is -2.61. The average Bonchev–Trinajstić information content (AvgIpc) is 3.02. The van der Waals surface area contributed by atoms with Crippen LogP contribution in [-0.4, -0.2) is 76.1 Å². The van der Waals surface area contributed by atoms with Gasteiger partial charge in [-0.05, 0) is 62.7 Å². The minimum Gasteiger partial charge on any atom is -0.455 e. The smallest absolute Gasteiger partial charge is 0.440 e. The van der Waals surface area contributed by atoms with E-state index in [-0.39, 0.29) is 17.7 Å². The molecule has 0 spiro atoms. The molecule has 13 heteroatoms. The highest BCUT2D eigenvalue weighted by molar-refractivity contribution is 6.30. The highest BCUT2D eigenvalue weighted by atomic mass is 35.5. The van der Waals surface area contributed by atoms with Crippen LogP contribution in [0.3, 0.4) is 0 Å². The van der Waals surface area contributed by atoms with Gasteiger partial charge < -0.3 is 19.1 Å². The molecule has 0 bridgehead atoms. The number of hydrogen-bond acceptors (Lipinski definition) is 9. The zero-order valence-electron chi connectivity index (χ0n) is 26.0. The summed E-state index contributed by atoms with van der Waals surface area (Å²) in [4.78, 5) is 80.3. The Kier molecular flexibility index (Phi) is 12.0. The number of halogens is 1. The van der Waals surface area contributed by atoms with Crippen molar-refractivity contribution in [2.45, 2.75) is 46.1 Å². The number of imide groups is 1. The standard InChI is InChI=1S/C33H34ClN3O9/c1-22(38)35(5)20-27(39)45-31(30(42)44-21-23-12-8-6-9-13-23)46-32(43)36(28(40)25-16-18-26(34)19-17-25)37(33(2,3)4)29(41)24-14-10-7-11-15-24/h6-19,31H,20-21H2,1-5H3. The predicted octanol–water partition coefficient (Wildman–Crippen LogP) is 4.87. The quantitative estimate of drug-likeness (QED) is 0.180. The summed E-state index contributed by atoms with van der Waals surface area (Å²) in [5.74, 6) is -4.64. The van der Waals surface area contributed by atoms with E-state index in [1.54, 1.807) is 69.3 Å². The molecule has 0 heterocycles. The van der Waals surface area contributed by atoms with Crippen LogP contribution in [0.25, 0.3) is 0 Å². The second-order valence-electron chi connectivity index (χ2n) is 11.0. The van der Waals surface area contributed by atoms with Crippen molar-refractivity contribution in [3.63, 3.8) is 0 Å². The highest BCUT2D eigenvalue weighted by Crippen LogP contribution is 2.25. The molecule has 0 aromatic heterocycles. The molecular weight excluding hydrogens is 618 g/mol. The third kappa shape index (κ3) is 9.63. The normalized spacial score (nSPS) is 11.4. The molecule has 3 aromatic carbocycles. The summed E-state index contributed by atoms with van der Waals surface area (Å²) in [6.45, 7) is 5.07. The lowest BCUT2D eigenvalue weighted by molar-refractivity contribution is -0.195. The fourth-order valence-electron chi connectivity index (χ4n) is 3.89. The molecule has 1 unspecified atom stereocenters. The molecule has 0 saturated carbocycles. The first-order valence-corrected chi connectivity index (χ1v) is 14.4. The number of amides is 4. The number of carbonyl (C=O) groups is 6. The van der Waals surface area contributed by atoms with E-state index in [1.807, 2.05) is 0 Å². The van der Waals surface area contributed by atoms with Gasteiger partial charge in [0.1, 0.15) is 13.2 Å². The van der Waals surface area contributed by atoms with E-state index >= 15 is 0 Å². The van der Waals surface area contributed by atoms with Crippen LogP contribution in [0.5, 0.6) is 0 Å². The third-order valence-corrected chi connectivity index (χ3v) is 6.52. The minimum absolute atomic E-state index is 0.0558. The van der Waals surface area contributed by atoms with Crippen LogP contribution in [0.2, 0.25) is 5.02 Å². The van der Waals surface area contributed by atoms with Gasteiger partial charge in [-0.1, -0.05) is 60.1 Å². The largest absolute Gasteiger partial charge is 0.455 e. The van der Waals surface area contributed by atoms with Crippen LogP contribution >= 0.6 is 11.6 Å². The molecule has 0 aliphatic rings. The molecule has 0 radical (unpaired) electrons. The summed E-state index contributed by atoms with van der Waals surface area (Å²) in [6.07, 6.45) is -3.85. The first-order chi connectivity index (χ1) is 21.7. The van der Waals surface area contributed by atoms with Gasteiger partial charge >= 0.3 is 24.3 Å². The molecule has 4 amide bonds. The Bertz CT molecular complexity index is 1560. The van der Waals surface area contributed by atoms with E-state index in [0.717, 1.165) is 9.91 Å². The summed E-state index contributed by atoms with van der Waals surface area (Å²) < 4.78 is 15.7. The van der Waals surface area contributed by atoms with Gasteiger partial charge in [0, 0.05) is 30.1 Å². The maximum absolute atomic E-state index is 13.9. The Morgan fingerprint density at radius 1 is 0.761 bits per heavy atom.